The number of amides is 2. The van der Waals surface area contributed by atoms with Crippen molar-refractivity contribution < 1.29 is 9.59 Å². The number of aryl methyl sites for hydroxylation is 1. The standard InChI is InChI=1S/C14H15ClN4O2/c1-19-9-12(8-17-19)18-13(20)6-7-16-14(21)10-2-4-11(15)5-3-10/h2-5,8-9H,6-7H2,1H3,(H,16,21)(H,18,20). The largest absolute Gasteiger partial charge is 0.352 e. The van der Waals surface area contributed by atoms with Gasteiger partial charge in [0.25, 0.3) is 5.91 Å². The normalized spacial score (nSPS) is 10.2. The Kier molecular flexibility index (Phi) is 4.94. The SMILES string of the molecule is Cn1cc(NC(=O)CCNC(=O)c2ccc(Cl)cc2)cn1. The minimum absolute atomic E-state index is 0.181. The molecule has 0 bridgehead atoms. The molecule has 1 aromatic carbocycles. The molecule has 0 unspecified atom stereocenters. The number of carbonyl (C=O) groups is 2. The van der Waals surface area contributed by atoms with Crippen LogP contribution >= 0.6 is 11.6 Å². The van der Waals surface area contributed by atoms with Gasteiger partial charge in [-0.25, -0.2) is 0 Å². The van der Waals surface area contributed by atoms with Crippen molar-refractivity contribution in [3.8, 4) is 0 Å². The lowest BCUT2D eigenvalue weighted by Gasteiger charge is -2.05. The second-order valence-electron chi connectivity index (χ2n) is 4.46. The topological polar surface area (TPSA) is 76.0 Å². The average Bonchev–Trinajstić information content (AvgIpc) is 2.84. The summed E-state index contributed by atoms with van der Waals surface area (Å²) >= 11 is 5.75. The second kappa shape index (κ2) is 6.90. The molecular formula is C14H15ClN4O2. The summed E-state index contributed by atoms with van der Waals surface area (Å²) in [6.07, 6.45) is 3.45. The molecule has 6 nitrogen and oxygen atoms in total. The molecule has 0 aliphatic rings. The highest BCUT2D eigenvalue weighted by atomic mass is 35.5. The number of halogens is 1. The van der Waals surface area contributed by atoms with Crippen LogP contribution in [-0.2, 0) is 11.8 Å². The third-order valence-corrected chi connectivity index (χ3v) is 2.98. The summed E-state index contributed by atoms with van der Waals surface area (Å²) in [6, 6.07) is 6.55. The number of anilines is 1. The predicted octanol–water partition coefficient (Wildman–Crippen LogP) is 1.83. The molecular weight excluding hydrogens is 292 g/mol. The van der Waals surface area contributed by atoms with Crippen molar-refractivity contribution in [1.29, 1.82) is 0 Å². The number of nitrogens with zero attached hydrogens (tertiary/aromatic N) is 2. The molecule has 21 heavy (non-hydrogen) atoms. The molecule has 0 aliphatic carbocycles. The third kappa shape index (κ3) is 4.61. The number of nitrogens with one attached hydrogen (secondary N) is 2. The molecule has 0 saturated carbocycles. The molecule has 0 saturated heterocycles. The quantitative estimate of drug-likeness (QED) is 0.885. The van der Waals surface area contributed by atoms with Crippen LogP contribution in [0.5, 0.6) is 0 Å². The van der Waals surface area contributed by atoms with Crippen LogP contribution in [0, 0.1) is 0 Å². The fraction of sp³-hybridized carbons (Fsp3) is 0.214. The Balaban J connectivity index is 1.74. The molecule has 0 atom stereocenters. The van der Waals surface area contributed by atoms with Crippen molar-refractivity contribution >= 4 is 29.1 Å². The van der Waals surface area contributed by atoms with Crippen LogP contribution in [0.4, 0.5) is 5.69 Å². The molecule has 2 amide bonds. The van der Waals surface area contributed by atoms with E-state index in [2.05, 4.69) is 15.7 Å². The van der Waals surface area contributed by atoms with Crippen molar-refractivity contribution in [1.82, 2.24) is 15.1 Å². The number of rotatable bonds is 5. The molecule has 2 aromatic rings. The maximum absolute atomic E-state index is 11.8. The Morgan fingerprint density at radius 3 is 2.62 bits per heavy atom. The summed E-state index contributed by atoms with van der Waals surface area (Å²) in [5, 5.41) is 9.89. The molecule has 7 heteroatoms. The van der Waals surface area contributed by atoms with Crippen LogP contribution in [0.1, 0.15) is 16.8 Å². The summed E-state index contributed by atoms with van der Waals surface area (Å²) in [5.74, 6) is -0.416. The van der Waals surface area contributed by atoms with E-state index in [4.69, 9.17) is 11.6 Å². The van der Waals surface area contributed by atoms with E-state index in [1.165, 1.54) is 0 Å². The minimum atomic E-state index is -0.235. The first-order chi connectivity index (χ1) is 10.0. The highest BCUT2D eigenvalue weighted by molar-refractivity contribution is 6.30. The van der Waals surface area contributed by atoms with Gasteiger partial charge >= 0.3 is 0 Å². The molecule has 2 N–H and O–H groups in total. The lowest BCUT2D eigenvalue weighted by Crippen LogP contribution is -2.27. The summed E-state index contributed by atoms with van der Waals surface area (Å²) in [6.45, 7) is 0.257. The first-order valence-corrected chi connectivity index (χ1v) is 6.74. The number of benzene rings is 1. The van der Waals surface area contributed by atoms with Gasteiger partial charge < -0.3 is 10.6 Å². The fourth-order valence-corrected chi connectivity index (χ4v) is 1.83. The summed E-state index contributed by atoms with van der Waals surface area (Å²) in [5.41, 5.74) is 1.14. The molecule has 0 spiro atoms. The van der Waals surface area contributed by atoms with Gasteiger partial charge in [-0.15, -0.1) is 0 Å². The van der Waals surface area contributed by atoms with Crippen molar-refractivity contribution in [3.05, 3.63) is 47.2 Å². The predicted molar refractivity (Wildman–Crippen MR) is 80.2 cm³/mol. The van der Waals surface area contributed by atoms with Crippen LogP contribution in [0.25, 0.3) is 0 Å². The monoisotopic (exact) mass is 306 g/mol. The molecule has 0 aliphatic heterocycles. The van der Waals surface area contributed by atoms with Crippen LogP contribution < -0.4 is 10.6 Å². The Bertz CT molecular complexity index is 637. The maximum atomic E-state index is 11.8. The molecule has 1 heterocycles. The van der Waals surface area contributed by atoms with Gasteiger partial charge in [0.1, 0.15) is 0 Å². The minimum Gasteiger partial charge on any atom is -0.352 e. The third-order valence-electron chi connectivity index (χ3n) is 2.73. The number of aromatic nitrogens is 2. The Morgan fingerprint density at radius 1 is 1.29 bits per heavy atom. The lowest BCUT2D eigenvalue weighted by molar-refractivity contribution is -0.116. The van der Waals surface area contributed by atoms with E-state index < -0.39 is 0 Å². The van der Waals surface area contributed by atoms with Crippen molar-refractivity contribution in [3.63, 3.8) is 0 Å². The molecule has 1 aromatic heterocycles. The average molecular weight is 307 g/mol. The zero-order chi connectivity index (χ0) is 15.2. The smallest absolute Gasteiger partial charge is 0.251 e. The lowest BCUT2D eigenvalue weighted by atomic mass is 10.2. The van der Waals surface area contributed by atoms with E-state index >= 15 is 0 Å². The van der Waals surface area contributed by atoms with E-state index in [0.29, 0.717) is 16.3 Å². The van der Waals surface area contributed by atoms with E-state index in [0.717, 1.165) is 0 Å². The molecule has 0 fully saturated rings. The van der Waals surface area contributed by atoms with Gasteiger partial charge in [-0.1, -0.05) is 11.6 Å². The van der Waals surface area contributed by atoms with Crippen LogP contribution in [0.15, 0.2) is 36.7 Å². The van der Waals surface area contributed by atoms with Crippen LogP contribution in [0.3, 0.4) is 0 Å². The Labute approximate surface area is 127 Å². The zero-order valence-electron chi connectivity index (χ0n) is 11.5. The maximum Gasteiger partial charge on any atom is 0.251 e. The number of carbonyl (C=O) groups excluding carboxylic acids is 2. The highest BCUT2D eigenvalue weighted by Crippen LogP contribution is 2.09. The van der Waals surface area contributed by atoms with Gasteiger partial charge in [0.05, 0.1) is 11.9 Å². The summed E-state index contributed by atoms with van der Waals surface area (Å²) < 4.78 is 1.60. The zero-order valence-corrected chi connectivity index (χ0v) is 12.2. The van der Waals surface area contributed by atoms with E-state index in [9.17, 15) is 9.59 Å². The first-order valence-electron chi connectivity index (χ1n) is 6.37. The van der Waals surface area contributed by atoms with Gasteiger partial charge in [-0.2, -0.15) is 5.10 Å². The number of hydrogen-bond donors (Lipinski definition) is 2. The van der Waals surface area contributed by atoms with Gasteiger partial charge in [0.15, 0.2) is 0 Å². The van der Waals surface area contributed by atoms with Crippen molar-refractivity contribution in [2.45, 2.75) is 6.42 Å². The summed E-state index contributed by atoms with van der Waals surface area (Å²) in [4.78, 5) is 23.5. The Hall–Kier alpha value is -2.34. The van der Waals surface area contributed by atoms with Gasteiger partial charge in [0, 0.05) is 36.8 Å². The summed E-state index contributed by atoms with van der Waals surface area (Å²) in [7, 11) is 1.77. The second-order valence-corrected chi connectivity index (χ2v) is 4.90. The molecule has 0 radical (unpaired) electrons. The van der Waals surface area contributed by atoms with Crippen LogP contribution in [0.2, 0.25) is 5.02 Å². The fourth-order valence-electron chi connectivity index (χ4n) is 1.70. The Morgan fingerprint density at radius 2 is 2.00 bits per heavy atom. The van der Waals surface area contributed by atoms with Gasteiger partial charge in [-0.3, -0.25) is 14.3 Å². The number of hydrogen-bond acceptors (Lipinski definition) is 3. The van der Waals surface area contributed by atoms with Gasteiger partial charge in [0.2, 0.25) is 5.91 Å². The molecule has 110 valence electrons. The first kappa shape index (κ1) is 15.1. The van der Waals surface area contributed by atoms with E-state index in [1.807, 2.05) is 0 Å². The van der Waals surface area contributed by atoms with Gasteiger partial charge in [-0.05, 0) is 24.3 Å². The molecule has 2 rings (SSSR count). The van der Waals surface area contributed by atoms with E-state index in [1.54, 1.807) is 48.4 Å². The van der Waals surface area contributed by atoms with Crippen molar-refractivity contribution in [2.75, 3.05) is 11.9 Å². The van der Waals surface area contributed by atoms with Crippen LogP contribution in [-0.4, -0.2) is 28.1 Å². The van der Waals surface area contributed by atoms with E-state index in [-0.39, 0.29) is 24.8 Å². The van der Waals surface area contributed by atoms with Crippen molar-refractivity contribution in [2.24, 2.45) is 7.05 Å². The highest BCUT2D eigenvalue weighted by Gasteiger charge is 2.07.